The highest BCUT2D eigenvalue weighted by molar-refractivity contribution is 6.10. The second-order valence-electron chi connectivity index (χ2n) is 7.53. The monoisotopic (exact) mass is 439 g/mol. The molecule has 7 heteroatoms. The Morgan fingerprint density at radius 2 is 1.75 bits per heavy atom. The molecule has 32 heavy (non-hydrogen) atoms. The number of carbonyl (C=O) groups is 3. The van der Waals surface area contributed by atoms with Gasteiger partial charge in [-0.05, 0) is 56.2 Å². The first kappa shape index (κ1) is 23.3. The van der Waals surface area contributed by atoms with Gasteiger partial charge in [-0.3, -0.25) is 9.59 Å². The van der Waals surface area contributed by atoms with Gasteiger partial charge in [-0.1, -0.05) is 18.9 Å². The molecule has 0 saturated heterocycles. The lowest BCUT2D eigenvalue weighted by atomic mass is 10.1. The van der Waals surface area contributed by atoms with Gasteiger partial charge in [-0.15, -0.1) is 0 Å². The molecule has 2 aromatic rings. The number of unbranched alkanes of at least 4 members (excludes halogenated alkanes) is 3. The highest BCUT2D eigenvalue weighted by atomic mass is 16.5. The zero-order valence-electron chi connectivity index (χ0n) is 18.6. The largest absolute Gasteiger partial charge is 0.493 e. The van der Waals surface area contributed by atoms with Crippen molar-refractivity contribution in [2.45, 2.75) is 45.6 Å². The van der Waals surface area contributed by atoms with Gasteiger partial charge >= 0.3 is 11.9 Å². The first-order chi connectivity index (χ1) is 15.5. The van der Waals surface area contributed by atoms with Gasteiger partial charge in [0.25, 0.3) is 5.91 Å². The number of rotatable bonds is 11. The van der Waals surface area contributed by atoms with Crippen LogP contribution in [0.2, 0.25) is 0 Å². The first-order valence-electron chi connectivity index (χ1n) is 11.0. The number of methoxy groups -OCH3 is 1. The first-order valence-corrected chi connectivity index (χ1v) is 11.0. The highest BCUT2D eigenvalue weighted by Crippen LogP contribution is 2.34. The van der Waals surface area contributed by atoms with E-state index in [1.807, 2.05) is 25.1 Å². The quantitative estimate of drug-likeness (QED) is 0.378. The molecule has 0 aromatic heterocycles. The predicted octanol–water partition coefficient (Wildman–Crippen LogP) is 4.53. The summed E-state index contributed by atoms with van der Waals surface area (Å²) in [5.74, 6) is 0.0770. The maximum Gasteiger partial charge on any atom is 0.337 e. The Labute approximate surface area is 188 Å². The van der Waals surface area contributed by atoms with Crippen molar-refractivity contribution in [3.63, 3.8) is 0 Å². The van der Waals surface area contributed by atoms with Gasteiger partial charge in [0.05, 0.1) is 32.4 Å². The minimum absolute atomic E-state index is 0.0877. The molecule has 0 spiro atoms. The van der Waals surface area contributed by atoms with E-state index in [4.69, 9.17) is 14.2 Å². The van der Waals surface area contributed by atoms with Crippen LogP contribution in [0, 0.1) is 0 Å². The topological polar surface area (TPSA) is 82.1 Å². The minimum Gasteiger partial charge on any atom is -0.493 e. The van der Waals surface area contributed by atoms with Crippen molar-refractivity contribution < 1.29 is 28.6 Å². The van der Waals surface area contributed by atoms with Crippen molar-refractivity contribution in [3.05, 3.63) is 59.2 Å². The average Bonchev–Trinajstić information content (AvgIpc) is 3.15. The zero-order valence-corrected chi connectivity index (χ0v) is 18.6. The summed E-state index contributed by atoms with van der Waals surface area (Å²) < 4.78 is 15.6. The molecule has 1 amide bonds. The molecular weight excluding hydrogens is 410 g/mol. The van der Waals surface area contributed by atoms with Crippen LogP contribution in [0.15, 0.2) is 42.5 Å². The van der Waals surface area contributed by atoms with Gasteiger partial charge in [0.15, 0.2) is 0 Å². The molecule has 1 aliphatic rings. The Bertz CT molecular complexity index is 953. The predicted molar refractivity (Wildman–Crippen MR) is 120 cm³/mol. The number of amides is 1. The van der Waals surface area contributed by atoms with Crippen molar-refractivity contribution in [1.82, 2.24) is 0 Å². The van der Waals surface area contributed by atoms with Crippen molar-refractivity contribution in [1.29, 1.82) is 0 Å². The van der Waals surface area contributed by atoms with Crippen LogP contribution in [0.3, 0.4) is 0 Å². The number of carbonyl (C=O) groups excluding carboxylic acids is 3. The lowest BCUT2D eigenvalue weighted by Gasteiger charge is -2.16. The van der Waals surface area contributed by atoms with E-state index in [-0.39, 0.29) is 11.9 Å². The third kappa shape index (κ3) is 5.66. The summed E-state index contributed by atoms with van der Waals surface area (Å²) in [5.41, 5.74) is 2.66. The smallest absolute Gasteiger partial charge is 0.337 e. The van der Waals surface area contributed by atoms with Crippen LogP contribution < -0.4 is 9.64 Å². The van der Waals surface area contributed by atoms with E-state index in [9.17, 15) is 14.4 Å². The lowest BCUT2D eigenvalue weighted by molar-refractivity contribution is -0.143. The fraction of sp³-hybridized carbons (Fsp3) is 0.400. The highest BCUT2D eigenvalue weighted by Gasteiger charge is 2.31. The van der Waals surface area contributed by atoms with E-state index in [1.54, 1.807) is 29.2 Å². The van der Waals surface area contributed by atoms with E-state index in [0.717, 1.165) is 37.0 Å². The Kier molecular flexibility index (Phi) is 8.25. The van der Waals surface area contributed by atoms with Crippen molar-refractivity contribution in [3.8, 4) is 5.75 Å². The van der Waals surface area contributed by atoms with Gasteiger partial charge in [-0.2, -0.15) is 0 Å². The third-order valence-corrected chi connectivity index (χ3v) is 5.36. The van der Waals surface area contributed by atoms with Gasteiger partial charge in [0, 0.05) is 23.2 Å². The molecule has 7 nitrogen and oxygen atoms in total. The third-order valence-electron chi connectivity index (χ3n) is 5.36. The maximum atomic E-state index is 12.9. The number of hydrogen-bond acceptors (Lipinski definition) is 6. The van der Waals surface area contributed by atoms with Crippen molar-refractivity contribution >= 4 is 23.5 Å². The molecular formula is C25H29NO6. The van der Waals surface area contributed by atoms with E-state index < -0.39 is 5.97 Å². The van der Waals surface area contributed by atoms with Crippen LogP contribution in [0.5, 0.6) is 5.75 Å². The molecule has 1 heterocycles. The number of ether oxygens (including phenoxy) is 3. The summed E-state index contributed by atoms with van der Waals surface area (Å²) in [5, 5.41) is 0. The fourth-order valence-electron chi connectivity index (χ4n) is 3.68. The minimum atomic E-state index is -0.413. The van der Waals surface area contributed by atoms with Gasteiger partial charge in [-0.25, -0.2) is 4.79 Å². The molecule has 0 bridgehead atoms. The molecule has 1 aliphatic heterocycles. The second-order valence-corrected chi connectivity index (χ2v) is 7.53. The van der Waals surface area contributed by atoms with Crippen molar-refractivity contribution in [2.24, 2.45) is 0 Å². The molecule has 0 N–H and O–H groups in total. The molecule has 0 atom stereocenters. The molecule has 0 radical (unpaired) electrons. The van der Waals surface area contributed by atoms with Crippen LogP contribution in [0.25, 0.3) is 0 Å². The normalized spacial score (nSPS) is 12.4. The Hall–Kier alpha value is -3.35. The van der Waals surface area contributed by atoms with Crippen LogP contribution >= 0.6 is 0 Å². The lowest BCUT2D eigenvalue weighted by Crippen LogP contribution is -2.23. The standard InChI is InChI=1S/C25H29NO6/c1-3-31-23(27)11-6-4-5-7-16-32-22-10-8-9-20-21(22)17-26(24(20)28)19-14-12-18(13-15-19)25(29)30-2/h8-10,12-15H,3-7,11,16-17H2,1-2H3. The summed E-state index contributed by atoms with van der Waals surface area (Å²) in [6, 6.07) is 12.3. The molecule has 0 unspecified atom stereocenters. The number of nitrogens with zero attached hydrogens (tertiary/aromatic N) is 1. The number of fused-ring (bicyclic) bond motifs is 1. The van der Waals surface area contributed by atoms with Gasteiger partial charge < -0.3 is 19.1 Å². The molecule has 0 aliphatic carbocycles. The molecule has 0 saturated carbocycles. The van der Waals surface area contributed by atoms with E-state index in [0.29, 0.717) is 43.0 Å². The van der Waals surface area contributed by atoms with Crippen LogP contribution in [-0.2, 0) is 20.8 Å². The summed E-state index contributed by atoms with van der Waals surface area (Å²) in [7, 11) is 1.34. The zero-order chi connectivity index (χ0) is 22.9. The van der Waals surface area contributed by atoms with Crippen LogP contribution in [-0.4, -0.2) is 38.2 Å². The maximum absolute atomic E-state index is 12.9. The van der Waals surface area contributed by atoms with Crippen LogP contribution in [0.4, 0.5) is 5.69 Å². The summed E-state index contributed by atoms with van der Waals surface area (Å²) in [4.78, 5) is 37.6. The van der Waals surface area contributed by atoms with E-state index in [2.05, 4.69) is 0 Å². The summed E-state index contributed by atoms with van der Waals surface area (Å²) in [6.45, 7) is 3.20. The Balaban J connectivity index is 1.53. The summed E-state index contributed by atoms with van der Waals surface area (Å²) in [6.07, 6.45) is 4.06. The van der Waals surface area contributed by atoms with E-state index in [1.165, 1.54) is 7.11 Å². The SMILES string of the molecule is CCOC(=O)CCCCCCOc1cccc2c1CN(c1ccc(C(=O)OC)cc1)C2=O. The number of benzene rings is 2. The van der Waals surface area contributed by atoms with E-state index >= 15 is 0 Å². The van der Waals surface area contributed by atoms with Crippen molar-refractivity contribution in [2.75, 3.05) is 25.2 Å². The summed E-state index contributed by atoms with van der Waals surface area (Å²) >= 11 is 0. The second kappa shape index (κ2) is 11.3. The van der Waals surface area contributed by atoms with Crippen LogP contribution in [0.1, 0.15) is 65.3 Å². The Morgan fingerprint density at radius 3 is 2.47 bits per heavy atom. The van der Waals surface area contributed by atoms with Gasteiger partial charge in [0.1, 0.15) is 5.75 Å². The fourth-order valence-corrected chi connectivity index (χ4v) is 3.68. The van der Waals surface area contributed by atoms with Gasteiger partial charge in [0.2, 0.25) is 0 Å². The molecule has 2 aromatic carbocycles. The Morgan fingerprint density at radius 1 is 1.00 bits per heavy atom. The average molecular weight is 440 g/mol. The number of hydrogen-bond donors (Lipinski definition) is 0. The molecule has 0 fully saturated rings. The number of esters is 2. The molecule has 3 rings (SSSR count). The molecule has 170 valence electrons. The number of anilines is 1.